The molecule has 0 bridgehead atoms. The quantitative estimate of drug-likeness (QED) is 0.807. The number of benzene rings is 1. The molecule has 1 aromatic carbocycles. The van der Waals surface area contributed by atoms with E-state index in [0.717, 1.165) is 57.5 Å². The van der Waals surface area contributed by atoms with Crippen LogP contribution in [0.5, 0.6) is 0 Å². The van der Waals surface area contributed by atoms with E-state index in [1.807, 2.05) is 36.9 Å². The summed E-state index contributed by atoms with van der Waals surface area (Å²) in [5.41, 5.74) is 2.26. The molecule has 0 aromatic heterocycles. The van der Waals surface area contributed by atoms with E-state index >= 15 is 0 Å². The van der Waals surface area contributed by atoms with Crippen LogP contribution in [-0.4, -0.2) is 66.3 Å². The normalized spacial score (nSPS) is 21.8. The summed E-state index contributed by atoms with van der Waals surface area (Å²) in [7, 11) is 0. The lowest BCUT2D eigenvalue weighted by Gasteiger charge is -2.24. The Kier molecular flexibility index (Phi) is 5.97. The number of amides is 3. The van der Waals surface area contributed by atoms with Crippen molar-refractivity contribution in [2.75, 3.05) is 42.9 Å². The van der Waals surface area contributed by atoms with Gasteiger partial charge in [-0.25, -0.2) is 0 Å². The van der Waals surface area contributed by atoms with Gasteiger partial charge in [0.05, 0.1) is 11.5 Å². The van der Waals surface area contributed by atoms with Crippen LogP contribution in [0.15, 0.2) is 18.2 Å². The molecular formula is C23H32N4O3. The van der Waals surface area contributed by atoms with E-state index in [4.69, 9.17) is 0 Å². The summed E-state index contributed by atoms with van der Waals surface area (Å²) in [5, 5.41) is 2.96. The number of nitrogens with one attached hydrogen (secondary N) is 1. The van der Waals surface area contributed by atoms with E-state index in [-0.39, 0.29) is 36.1 Å². The third-order valence-electron chi connectivity index (χ3n) is 6.49. The van der Waals surface area contributed by atoms with Crippen LogP contribution in [0.2, 0.25) is 0 Å². The SMILES string of the molecule is CC(C)N1CC(C(=O)Nc2ccc(N3CCCC3)c(C(=O)N3CCCC3)c2)CC1=O. The average Bonchev–Trinajstić information content (AvgIpc) is 3.48. The second kappa shape index (κ2) is 8.66. The largest absolute Gasteiger partial charge is 0.371 e. The summed E-state index contributed by atoms with van der Waals surface area (Å²) in [6, 6.07) is 5.76. The highest BCUT2D eigenvalue weighted by atomic mass is 16.2. The Bertz CT molecular complexity index is 826. The molecule has 162 valence electrons. The Hall–Kier alpha value is -2.57. The van der Waals surface area contributed by atoms with Gasteiger partial charge in [-0.15, -0.1) is 0 Å². The van der Waals surface area contributed by atoms with Crippen molar-refractivity contribution in [1.29, 1.82) is 0 Å². The molecule has 1 atom stereocenters. The van der Waals surface area contributed by atoms with Crippen LogP contribution in [0, 0.1) is 5.92 Å². The van der Waals surface area contributed by atoms with E-state index in [1.165, 1.54) is 0 Å². The van der Waals surface area contributed by atoms with Crippen molar-refractivity contribution in [2.24, 2.45) is 5.92 Å². The molecule has 0 saturated carbocycles. The third-order valence-corrected chi connectivity index (χ3v) is 6.49. The van der Waals surface area contributed by atoms with Crippen molar-refractivity contribution in [2.45, 2.75) is 52.0 Å². The fourth-order valence-electron chi connectivity index (χ4n) is 4.76. The summed E-state index contributed by atoms with van der Waals surface area (Å²) in [5.74, 6) is -0.428. The molecule has 0 radical (unpaired) electrons. The molecule has 7 nitrogen and oxygen atoms in total. The predicted octanol–water partition coefficient (Wildman–Crippen LogP) is 2.72. The first-order chi connectivity index (χ1) is 14.4. The molecule has 3 amide bonds. The zero-order chi connectivity index (χ0) is 21.3. The minimum Gasteiger partial charge on any atom is -0.371 e. The van der Waals surface area contributed by atoms with Gasteiger partial charge in [0, 0.05) is 56.6 Å². The smallest absolute Gasteiger partial charge is 0.256 e. The van der Waals surface area contributed by atoms with Crippen LogP contribution in [0.4, 0.5) is 11.4 Å². The molecule has 30 heavy (non-hydrogen) atoms. The number of nitrogens with zero attached hydrogens (tertiary/aromatic N) is 3. The predicted molar refractivity (Wildman–Crippen MR) is 117 cm³/mol. The first-order valence-corrected chi connectivity index (χ1v) is 11.2. The molecule has 3 aliphatic rings. The molecule has 1 unspecified atom stereocenters. The van der Waals surface area contributed by atoms with Crippen LogP contribution in [0.25, 0.3) is 0 Å². The molecular weight excluding hydrogens is 380 g/mol. The second-order valence-corrected chi connectivity index (χ2v) is 8.96. The molecule has 0 spiro atoms. The van der Waals surface area contributed by atoms with Crippen LogP contribution in [0.1, 0.15) is 56.3 Å². The zero-order valence-electron chi connectivity index (χ0n) is 18.0. The maximum atomic E-state index is 13.2. The Morgan fingerprint density at radius 1 is 1.03 bits per heavy atom. The topological polar surface area (TPSA) is 73.0 Å². The van der Waals surface area contributed by atoms with Gasteiger partial charge in [0.1, 0.15) is 0 Å². The lowest BCUT2D eigenvalue weighted by atomic mass is 10.1. The highest BCUT2D eigenvalue weighted by Crippen LogP contribution is 2.30. The standard InChI is InChI=1S/C23H32N4O3/c1-16(2)27-15-17(13-21(27)28)22(29)24-18-7-8-20(25-9-3-4-10-25)19(14-18)23(30)26-11-5-6-12-26/h7-8,14,16-17H,3-6,9-13,15H2,1-2H3,(H,24,29). The van der Waals surface area contributed by atoms with Gasteiger partial charge in [0.25, 0.3) is 5.91 Å². The summed E-state index contributed by atoms with van der Waals surface area (Å²) in [4.78, 5) is 44.1. The summed E-state index contributed by atoms with van der Waals surface area (Å²) in [6.45, 7) is 7.89. The lowest BCUT2D eigenvalue weighted by Crippen LogP contribution is -2.33. The van der Waals surface area contributed by atoms with Crippen LogP contribution < -0.4 is 10.2 Å². The molecule has 3 saturated heterocycles. The van der Waals surface area contributed by atoms with Crippen molar-refractivity contribution in [1.82, 2.24) is 9.80 Å². The first kappa shape index (κ1) is 20.7. The summed E-state index contributed by atoms with van der Waals surface area (Å²) in [6.07, 6.45) is 4.61. The van der Waals surface area contributed by atoms with Crippen LogP contribution in [-0.2, 0) is 9.59 Å². The molecule has 3 aliphatic heterocycles. The molecule has 3 fully saturated rings. The number of rotatable bonds is 5. The third kappa shape index (κ3) is 4.16. The number of anilines is 2. The van der Waals surface area contributed by atoms with E-state index in [2.05, 4.69) is 10.2 Å². The molecule has 7 heteroatoms. The number of hydrogen-bond donors (Lipinski definition) is 1. The van der Waals surface area contributed by atoms with Crippen LogP contribution >= 0.6 is 0 Å². The van der Waals surface area contributed by atoms with Crippen molar-refractivity contribution in [3.05, 3.63) is 23.8 Å². The molecule has 0 aliphatic carbocycles. The molecule has 3 heterocycles. The molecule has 1 N–H and O–H groups in total. The van der Waals surface area contributed by atoms with Crippen molar-refractivity contribution < 1.29 is 14.4 Å². The summed E-state index contributed by atoms with van der Waals surface area (Å²) >= 11 is 0. The van der Waals surface area contributed by atoms with E-state index in [1.54, 1.807) is 4.90 Å². The Balaban J connectivity index is 1.53. The van der Waals surface area contributed by atoms with Gasteiger partial charge in [0.2, 0.25) is 11.8 Å². The van der Waals surface area contributed by atoms with E-state index in [9.17, 15) is 14.4 Å². The van der Waals surface area contributed by atoms with Crippen molar-refractivity contribution in [3.63, 3.8) is 0 Å². The Morgan fingerprint density at radius 3 is 2.33 bits per heavy atom. The Labute approximate surface area is 178 Å². The maximum absolute atomic E-state index is 13.2. The summed E-state index contributed by atoms with van der Waals surface area (Å²) < 4.78 is 0. The van der Waals surface area contributed by atoms with Gasteiger partial charge in [-0.1, -0.05) is 0 Å². The van der Waals surface area contributed by atoms with E-state index in [0.29, 0.717) is 17.8 Å². The maximum Gasteiger partial charge on any atom is 0.256 e. The number of hydrogen-bond acceptors (Lipinski definition) is 4. The van der Waals surface area contributed by atoms with E-state index < -0.39 is 0 Å². The monoisotopic (exact) mass is 412 g/mol. The number of carbonyl (C=O) groups excluding carboxylic acids is 3. The highest BCUT2D eigenvalue weighted by Gasteiger charge is 2.35. The zero-order valence-corrected chi connectivity index (χ0v) is 18.0. The lowest BCUT2D eigenvalue weighted by molar-refractivity contribution is -0.129. The van der Waals surface area contributed by atoms with Crippen molar-refractivity contribution in [3.8, 4) is 0 Å². The van der Waals surface area contributed by atoms with Gasteiger partial charge in [-0.3, -0.25) is 14.4 Å². The molecule has 4 rings (SSSR count). The van der Waals surface area contributed by atoms with Gasteiger partial charge >= 0.3 is 0 Å². The average molecular weight is 413 g/mol. The molecule has 1 aromatic rings. The highest BCUT2D eigenvalue weighted by molar-refractivity contribution is 6.03. The van der Waals surface area contributed by atoms with Crippen LogP contribution in [0.3, 0.4) is 0 Å². The number of carbonyl (C=O) groups is 3. The van der Waals surface area contributed by atoms with Gasteiger partial charge in [-0.05, 0) is 57.7 Å². The van der Waals surface area contributed by atoms with Crippen molar-refractivity contribution >= 4 is 29.1 Å². The van der Waals surface area contributed by atoms with Gasteiger partial charge in [0.15, 0.2) is 0 Å². The fraction of sp³-hybridized carbons (Fsp3) is 0.609. The minimum atomic E-state index is -0.351. The number of likely N-dealkylation sites (tertiary alicyclic amines) is 2. The first-order valence-electron chi connectivity index (χ1n) is 11.2. The minimum absolute atomic E-state index is 0.0273. The second-order valence-electron chi connectivity index (χ2n) is 8.96. The van der Waals surface area contributed by atoms with Gasteiger partial charge < -0.3 is 20.0 Å². The Morgan fingerprint density at radius 2 is 1.70 bits per heavy atom. The fourth-order valence-corrected chi connectivity index (χ4v) is 4.76. The van der Waals surface area contributed by atoms with Gasteiger partial charge in [-0.2, -0.15) is 0 Å².